The van der Waals surface area contributed by atoms with Gasteiger partial charge in [0.05, 0.1) is 17.9 Å². The van der Waals surface area contributed by atoms with Crippen molar-refractivity contribution in [3.05, 3.63) is 35.7 Å². The Labute approximate surface area is 112 Å². The average molecular weight is 259 g/mol. The Morgan fingerprint density at radius 2 is 2.11 bits per heavy atom. The number of anilines is 1. The average Bonchev–Trinajstić information content (AvgIpc) is 3.01. The third kappa shape index (κ3) is 2.36. The van der Waals surface area contributed by atoms with Crippen molar-refractivity contribution in [3.63, 3.8) is 0 Å². The second-order valence-corrected chi connectivity index (χ2v) is 4.51. The Kier molecular flexibility index (Phi) is 3.03. The van der Waals surface area contributed by atoms with Crippen LogP contribution in [0.15, 0.2) is 24.3 Å². The van der Waals surface area contributed by atoms with Crippen LogP contribution in [0.5, 0.6) is 11.5 Å². The minimum atomic E-state index is 0.306. The summed E-state index contributed by atoms with van der Waals surface area (Å²) in [6, 6.07) is 7.98. The van der Waals surface area contributed by atoms with E-state index in [1.54, 1.807) is 0 Å². The predicted molar refractivity (Wildman–Crippen MR) is 72.5 cm³/mol. The van der Waals surface area contributed by atoms with Gasteiger partial charge < -0.3 is 14.8 Å². The van der Waals surface area contributed by atoms with Gasteiger partial charge in [0.2, 0.25) is 6.79 Å². The quantitative estimate of drug-likeness (QED) is 0.916. The van der Waals surface area contributed by atoms with Gasteiger partial charge in [-0.15, -0.1) is 0 Å². The molecule has 1 N–H and O–H groups in total. The van der Waals surface area contributed by atoms with E-state index in [1.165, 1.54) is 5.69 Å². The van der Waals surface area contributed by atoms with Crippen molar-refractivity contribution in [3.8, 4) is 11.5 Å². The topological polar surface area (TPSA) is 48.3 Å². The zero-order valence-electron chi connectivity index (χ0n) is 11.1. The first-order chi connectivity index (χ1) is 9.26. The summed E-state index contributed by atoms with van der Waals surface area (Å²) in [5, 5.41) is 7.81. The molecular formula is C14H17N3O2. The number of benzene rings is 1. The lowest BCUT2D eigenvalue weighted by Crippen LogP contribution is -2.07. The summed E-state index contributed by atoms with van der Waals surface area (Å²) in [7, 11) is 0. The van der Waals surface area contributed by atoms with Gasteiger partial charge in [-0.1, -0.05) is 0 Å². The smallest absolute Gasteiger partial charge is 0.231 e. The third-order valence-corrected chi connectivity index (χ3v) is 3.13. The first-order valence-electron chi connectivity index (χ1n) is 6.43. The molecule has 19 heavy (non-hydrogen) atoms. The maximum Gasteiger partial charge on any atom is 0.231 e. The Balaban J connectivity index is 1.72. The second kappa shape index (κ2) is 4.84. The number of nitrogens with one attached hydrogen (secondary N) is 1. The standard InChI is InChI=1S/C14H17N3O2/c1-3-17-12(6-10(2)16-17)8-15-11-4-5-13-14(7-11)19-9-18-13/h4-7,15H,3,8-9H2,1-2H3. The summed E-state index contributed by atoms with van der Waals surface area (Å²) in [4.78, 5) is 0. The number of hydrogen-bond acceptors (Lipinski definition) is 4. The molecule has 0 spiro atoms. The van der Waals surface area contributed by atoms with Crippen LogP contribution in [0.3, 0.4) is 0 Å². The van der Waals surface area contributed by atoms with E-state index >= 15 is 0 Å². The molecular weight excluding hydrogens is 242 g/mol. The fourth-order valence-corrected chi connectivity index (χ4v) is 2.21. The molecule has 5 nitrogen and oxygen atoms in total. The summed E-state index contributed by atoms with van der Waals surface area (Å²) in [6.45, 7) is 6.04. The fourth-order valence-electron chi connectivity index (χ4n) is 2.21. The second-order valence-electron chi connectivity index (χ2n) is 4.51. The molecule has 0 radical (unpaired) electrons. The van der Waals surface area contributed by atoms with E-state index in [9.17, 15) is 0 Å². The van der Waals surface area contributed by atoms with Gasteiger partial charge in [-0.3, -0.25) is 4.68 Å². The molecule has 1 aliphatic rings. The lowest BCUT2D eigenvalue weighted by Gasteiger charge is -2.08. The van der Waals surface area contributed by atoms with E-state index in [-0.39, 0.29) is 0 Å². The van der Waals surface area contributed by atoms with Crippen LogP contribution in [0.1, 0.15) is 18.3 Å². The highest BCUT2D eigenvalue weighted by atomic mass is 16.7. The Morgan fingerprint density at radius 3 is 2.95 bits per heavy atom. The molecule has 1 aromatic carbocycles. The van der Waals surface area contributed by atoms with Crippen LogP contribution >= 0.6 is 0 Å². The van der Waals surface area contributed by atoms with Crippen LogP contribution in [-0.2, 0) is 13.1 Å². The molecule has 2 heterocycles. The molecule has 100 valence electrons. The maximum atomic E-state index is 5.36. The minimum Gasteiger partial charge on any atom is -0.454 e. The molecule has 0 aliphatic carbocycles. The van der Waals surface area contributed by atoms with Crippen molar-refractivity contribution < 1.29 is 9.47 Å². The van der Waals surface area contributed by atoms with Gasteiger partial charge in [-0.2, -0.15) is 5.10 Å². The molecule has 0 saturated heterocycles. The Morgan fingerprint density at radius 1 is 1.26 bits per heavy atom. The van der Waals surface area contributed by atoms with Crippen LogP contribution < -0.4 is 14.8 Å². The molecule has 0 fully saturated rings. The van der Waals surface area contributed by atoms with Crippen molar-refractivity contribution >= 4 is 5.69 Å². The van der Waals surface area contributed by atoms with Crippen LogP contribution in [-0.4, -0.2) is 16.6 Å². The van der Waals surface area contributed by atoms with Crippen molar-refractivity contribution in [2.75, 3.05) is 12.1 Å². The minimum absolute atomic E-state index is 0.306. The molecule has 3 rings (SSSR count). The highest BCUT2D eigenvalue weighted by molar-refractivity contribution is 5.55. The van der Waals surface area contributed by atoms with Crippen LogP contribution in [0.25, 0.3) is 0 Å². The van der Waals surface area contributed by atoms with Gasteiger partial charge in [-0.05, 0) is 32.0 Å². The molecule has 0 amide bonds. The van der Waals surface area contributed by atoms with Gasteiger partial charge in [0, 0.05) is 18.3 Å². The zero-order valence-corrected chi connectivity index (χ0v) is 11.1. The van der Waals surface area contributed by atoms with Crippen LogP contribution in [0.2, 0.25) is 0 Å². The van der Waals surface area contributed by atoms with E-state index < -0.39 is 0 Å². The molecule has 2 aromatic rings. The summed E-state index contributed by atoms with van der Waals surface area (Å²) in [6.07, 6.45) is 0. The van der Waals surface area contributed by atoms with E-state index in [2.05, 4.69) is 23.4 Å². The van der Waals surface area contributed by atoms with Crippen molar-refractivity contribution in [1.82, 2.24) is 9.78 Å². The molecule has 0 saturated carbocycles. The van der Waals surface area contributed by atoms with Crippen LogP contribution in [0.4, 0.5) is 5.69 Å². The number of rotatable bonds is 4. The highest BCUT2D eigenvalue weighted by Crippen LogP contribution is 2.34. The highest BCUT2D eigenvalue weighted by Gasteiger charge is 2.13. The fraction of sp³-hybridized carbons (Fsp3) is 0.357. The molecule has 1 aliphatic heterocycles. The lowest BCUT2D eigenvalue weighted by molar-refractivity contribution is 0.174. The number of nitrogens with zero attached hydrogens (tertiary/aromatic N) is 2. The summed E-state index contributed by atoms with van der Waals surface area (Å²) >= 11 is 0. The predicted octanol–water partition coefficient (Wildman–Crippen LogP) is 2.55. The largest absolute Gasteiger partial charge is 0.454 e. The van der Waals surface area contributed by atoms with Crippen LogP contribution in [0, 0.1) is 6.92 Å². The summed E-state index contributed by atoms with van der Waals surface area (Å²) in [5.41, 5.74) is 3.24. The van der Waals surface area contributed by atoms with Gasteiger partial charge >= 0.3 is 0 Å². The molecule has 1 aromatic heterocycles. The molecule has 5 heteroatoms. The third-order valence-electron chi connectivity index (χ3n) is 3.13. The van der Waals surface area contributed by atoms with Crippen molar-refractivity contribution in [1.29, 1.82) is 0 Å². The SMILES string of the molecule is CCn1nc(C)cc1CNc1ccc2c(c1)OCO2. The number of aryl methyl sites for hydroxylation is 2. The van der Waals surface area contributed by atoms with Gasteiger partial charge in [0.1, 0.15) is 0 Å². The Bertz CT molecular complexity index is 592. The first kappa shape index (κ1) is 11.9. The summed E-state index contributed by atoms with van der Waals surface area (Å²) in [5.74, 6) is 1.60. The number of ether oxygens (including phenoxy) is 2. The van der Waals surface area contributed by atoms with Crippen molar-refractivity contribution in [2.45, 2.75) is 26.9 Å². The van der Waals surface area contributed by atoms with Gasteiger partial charge in [-0.25, -0.2) is 0 Å². The normalized spacial score (nSPS) is 12.7. The van der Waals surface area contributed by atoms with Gasteiger partial charge in [0.15, 0.2) is 11.5 Å². The van der Waals surface area contributed by atoms with Crippen molar-refractivity contribution in [2.24, 2.45) is 0 Å². The monoisotopic (exact) mass is 259 g/mol. The maximum absolute atomic E-state index is 5.36. The Hall–Kier alpha value is -2.17. The van der Waals surface area contributed by atoms with E-state index in [4.69, 9.17) is 9.47 Å². The van der Waals surface area contributed by atoms with E-state index in [0.717, 1.165) is 36.0 Å². The van der Waals surface area contributed by atoms with E-state index in [0.29, 0.717) is 6.79 Å². The summed E-state index contributed by atoms with van der Waals surface area (Å²) < 4.78 is 12.7. The lowest BCUT2D eigenvalue weighted by atomic mass is 10.2. The first-order valence-corrected chi connectivity index (χ1v) is 6.43. The zero-order chi connectivity index (χ0) is 13.2. The number of aromatic nitrogens is 2. The number of fused-ring (bicyclic) bond motifs is 1. The molecule has 0 bridgehead atoms. The number of hydrogen-bond donors (Lipinski definition) is 1. The molecule has 0 atom stereocenters. The van der Waals surface area contributed by atoms with E-state index in [1.807, 2.05) is 29.8 Å². The van der Waals surface area contributed by atoms with Gasteiger partial charge in [0.25, 0.3) is 0 Å². The molecule has 0 unspecified atom stereocenters.